The predicted octanol–water partition coefficient (Wildman–Crippen LogP) is 6.44. The van der Waals surface area contributed by atoms with Crippen LogP contribution in [0.1, 0.15) is 93.1 Å². The van der Waals surface area contributed by atoms with Gasteiger partial charge in [-0.05, 0) is 62.0 Å². The summed E-state index contributed by atoms with van der Waals surface area (Å²) in [6.45, 7) is 22.4. The van der Waals surface area contributed by atoms with Crippen molar-refractivity contribution in [2.24, 2.45) is 17.8 Å². The molecule has 6 nitrogen and oxygen atoms in total. The first-order valence-corrected chi connectivity index (χ1v) is 14.7. The molecule has 0 aromatic heterocycles. The fraction of sp³-hybridized carbons (Fsp3) is 0.688. The smallest absolute Gasteiger partial charge is 0.239 e. The van der Waals surface area contributed by atoms with Gasteiger partial charge in [0.2, 0.25) is 11.8 Å². The number of ether oxygens (including phenoxy) is 1. The Kier molecular flexibility index (Phi) is 20.1. The zero-order valence-corrected chi connectivity index (χ0v) is 25.9. The van der Waals surface area contributed by atoms with Crippen molar-refractivity contribution in [2.45, 2.75) is 100.0 Å². The minimum atomic E-state index is -0.377. The van der Waals surface area contributed by atoms with Crippen molar-refractivity contribution in [3.8, 4) is 5.75 Å². The number of hydrogen-bond donors (Lipinski definition) is 3. The van der Waals surface area contributed by atoms with Crippen LogP contribution in [0.15, 0.2) is 30.4 Å². The topological polar surface area (TPSA) is 79.5 Å². The normalized spacial score (nSPS) is 13.0. The third kappa shape index (κ3) is 19.3. The van der Waals surface area contributed by atoms with Crippen LogP contribution in [0.5, 0.6) is 5.75 Å². The maximum Gasteiger partial charge on any atom is 0.239 e. The first kappa shape index (κ1) is 36.6. The second-order valence-electron chi connectivity index (χ2n) is 11.3. The highest BCUT2D eigenvalue weighted by atomic mass is 19.1. The van der Waals surface area contributed by atoms with E-state index in [1.165, 1.54) is 25.3 Å². The van der Waals surface area contributed by atoms with E-state index in [9.17, 15) is 14.0 Å². The van der Waals surface area contributed by atoms with E-state index in [4.69, 9.17) is 4.74 Å². The van der Waals surface area contributed by atoms with Crippen LogP contribution in [0.2, 0.25) is 0 Å². The van der Waals surface area contributed by atoms with Crippen LogP contribution < -0.4 is 20.7 Å². The van der Waals surface area contributed by atoms with Crippen molar-refractivity contribution in [2.75, 3.05) is 26.2 Å². The van der Waals surface area contributed by atoms with E-state index >= 15 is 0 Å². The van der Waals surface area contributed by atoms with Crippen molar-refractivity contribution in [3.63, 3.8) is 0 Å². The minimum Gasteiger partial charge on any atom is -0.489 e. The zero-order chi connectivity index (χ0) is 29.8. The lowest BCUT2D eigenvalue weighted by Gasteiger charge is -2.19. The molecule has 1 aromatic rings. The summed E-state index contributed by atoms with van der Waals surface area (Å²) in [4.78, 5) is 22.9. The van der Waals surface area contributed by atoms with Gasteiger partial charge in [-0.25, -0.2) is 4.39 Å². The zero-order valence-electron chi connectivity index (χ0n) is 25.9. The molecule has 1 aliphatic rings. The molecule has 1 atom stereocenters. The van der Waals surface area contributed by atoms with Crippen LogP contribution in [0.25, 0.3) is 0 Å². The molecule has 0 aliphatic heterocycles. The van der Waals surface area contributed by atoms with Gasteiger partial charge < -0.3 is 20.7 Å². The molecular weight excluding hydrogens is 493 g/mol. The Bertz CT molecular complexity index is 835. The molecule has 1 fully saturated rings. The summed E-state index contributed by atoms with van der Waals surface area (Å²) in [6.07, 6.45) is 5.33. The molecule has 0 saturated heterocycles. The number of nitrogens with one attached hydrogen (secondary N) is 3. The molecule has 224 valence electrons. The first-order chi connectivity index (χ1) is 18.4. The number of aryl methyl sites for hydroxylation is 1. The molecule has 7 heteroatoms. The van der Waals surface area contributed by atoms with Crippen molar-refractivity contribution in [1.82, 2.24) is 16.0 Å². The molecule has 0 heterocycles. The summed E-state index contributed by atoms with van der Waals surface area (Å²) in [6, 6.07) is 5.21. The largest absolute Gasteiger partial charge is 0.489 e. The van der Waals surface area contributed by atoms with Crippen LogP contribution in [0, 0.1) is 23.6 Å². The quantitative estimate of drug-likeness (QED) is 0.174. The number of amides is 2. The lowest BCUT2D eigenvalue weighted by atomic mass is 10.1. The number of benzene rings is 1. The van der Waals surface area contributed by atoms with Gasteiger partial charge in [0.05, 0.1) is 6.54 Å². The van der Waals surface area contributed by atoms with Gasteiger partial charge in [-0.2, -0.15) is 0 Å². The molecular formula is C32H56FN3O3. The third-order valence-electron chi connectivity index (χ3n) is 5.91. The number of carbonyl (C=O) groups is 2. The van der Waals surface area contributed by atoms with Crippen molar-refractivity contribution >= 4 is 11.8 Å². The van der Waals surface area contributed by atoms with Crippen LogP contribution in [-0.2, 0) is 16.0 Å². The van der Waals surface area contributed by atoms with Gasteiger partial charge >= 0.3 is 0 Å². The summed E-state index contributed by atoms with van der Waals surface area (Å²) in [5.41, 5.74) is 1.91. The van der Waals surface area contributed by atoms with E-state index < -0.39 is 0 Å². The van der Waals surface area contributed by atoms with Crippen LogP contribution in [0.4, 0.5) is 4.39 Å². The number of rotatable bonds is 15. The maximum absolute atomic E-state index is 14.3. The molecule has 1 unspecified atom stereocenters. The third-order valence-corrected chi connectivity index (χ3v) is 5.91. The summed E-state index contributed by atoms with van der Waals surface area (Å²) in [5.74, 6) is 1.89. The molecule has 1 aromatic carbocycles. The molecule has 0 radical (unpaired) electrons. The molecule has 2 rings (SSSR count). The van der Waals surface area contributed by atoms with E-state index in [-0.39, 0.29) is 29.9 Å². The van der Waals surface area contributed by atoms with E-state index in [0.717, 1.165) is 23.0 Å². The predicted molar refractivity (Wildman–Crippen MR) is 161 cm³/mol. The standard InChI is InChI=1S/C23H34FN3O3.C5H12.C4H10/c1-4-20(28)27-15-21(29)25-12-6-8-18-7-5-9-19(24)23(18)30-14-13-26-22(16(2)3)17-10-11-17;1-4-5(2)3;1-4(2)3/h5,7,9,17,22,26H,2,4,6,8,10-15H2,1,3H3,(H,25,29)(H,27,28);5H,4H2,1-3H3;4H,1-3H3. The molecule has 0 spiro atoms. The van der Waals surface area contributed by atoms with Crippen molar-refractivity contribution in [1.29, 1.82) is 0 Å². The fourth-order valence-corrected chi connectivity index (χ4v) is 3.33. The van der Waals surface area contributed by atoms with Crippen LogP contribution >= 0.6 is 0 Å². The van der Waals surface area contributed by atoms with Crippen LogP contribution in [-0.4, -0.2) is 44.1 Å². The van der Waals surface area contributed by atoms with Gasteiger partial charge in [0, 0.05) is 25.6 Å². The Morgan fingerprint density at radius 2 is 1.67 bits per heavy atom. The highest BCUT2D eigenvalue weighted by molar-refractivity contribution is 5.84. The Balaban J connectivity index is 0.00000139. The van der Waals surface area contributed by atoms with Gasteiger partial charge in [-0.15, -0.1) is 0 Å². The van der Waals surface area contributed by atoms with E-state index in [0.29, 0.717) is 50.9 Å². The number of halogens is 1. The molecule has 0 bridgehead atoms. The van der Waals surface area contributed by atoms with E-state index in [1.54, 1.807) is 13.0 Å². The lowest BCUT2D eigenvalue weighted by molar-refractivity contribution is -0.125. The maximum atomic E-state index is 14.3. The van der Waals surface area contributed by atoms with Gasteiger partial charge in [0.25, 0.3) is 0 Å². The molecule has 39 heavy (non-hydrogen) atoms. The number of carbonyl (C=O) groups excluding carboxylic acids is 2. The van der Waals surface area contributed by atoms with Gasteiger partial charge in [0.15, 0.2) is 11.6 Å². The van der Waals surface area contributed by atoms with Gasteiger partial charge in [-0.1, -0.05) is 79.2 Å². The van der Waals surface area contributed by atoms with Gasteiger partial charge in [0.1, 0.15) is 6.61 Å². The highest BCUT2D eigenvalue weighted by Gasteiger charge is 2.31. The Morgan fingerprint density at radius 1 is 1.05 bits per heavy atom. The van der Waals surface area contributed by atoms with Crippen molar-refractivity contribution in [3.05, 3.63) is 41.7 Å². The second kappa shape index (κ2) is 21.4. The second-order valence-corrected chi connectivity index (χ2v) is 11.3. The van der Waals surface area contributed by atoms with E-state index in [1.807, 2.05) is 13.0 Å². The average Bonchev–Trinajstić information content (AvgIpc) is 3.71. The Labute approximate surface area is 237 Å². The number of para-hydroxylation sites is 1. The first-order valence-electron chi connectivity index (χ1n) is 14.7. The van der Waals surface area contributed by atoms with Gasteiger partial charge in [-0.3, -0.25) is 9.59 Å². The molecule has 2 amide bonds. The van der Waals surface area contributed by atoms with Crippen molar-refractivity contribution < 1.29 is 18.7 Å². The average molecular weight is 550 g/mol. The highest BCUT2D eigenvalue weighted by Crippen LogP contribution is 2.35. The monoisotopic (exact) mass is 549 g/mol. The Hall–Kier alpha value is -2.41. The molecule has 1 aliphatic carbocycles. The minimum absolute atomic E-state index is 0.0277. The summed E-state index contributed by atoms with van der Waals surface area (Å²) in [7, 11) is 0. The Morgan fingerprint density at radius 3 is 2.18 bits per heavy atom. The van der Waals surface area contributed by atoms with Crippen LogP contribution in [0.3, 0.4) is 0 Å². The number of hydrogen-bond acceptors (Lipinski definition) is 4. The SMILES string of the molecule is C=C(C)C(NCCOc1c(F)cccc1CCCNC(=O)CNC(=O)CC)C1CC1.CC(C)C.CCC(C)C. The summed E-state index contributed by atoms with van der Waals surface area (Å²) in [5, 5.41) is 8.74. The van der Waals surface area contributed by atoms with E-state index in [2.05, 4.69) is 64.1 Å². The summed E-state index contributed by atoms with van der Waals surface area (Å²) < 4.78 is 20.0. The fourth-order valence-electron chi connectivity index (χ4n) is 3.33. The summed E-state index contributed by atoms with van der Waals surface area (Å²) >= 11 is 0. The molecule has 3 N–H and O–H groups in total. The molecule has 1 saturated carbocycles. The lowest BCUT2D eigenvalue weighted by Crippen LogP contribution is -2.37.